The van der Waals surface area contributed by atoms with Gasteiger partial charge in [-0.3, -0.25) is 0 Å². The van der Waals surface area contributed by atoms with Crippen molar-refractivity contribution in [2.24, 2.45) is 0 Å². The summed E-state index contributed by atoms with van der Waals surface area (Å²) in [7, 11) is 0. The molecule has 2 fully saturated rings. The van der Waals surface area contributed by atoms with Gasteiger partial charge in [-0.15, -0.1) is 0 Å². The highest BCUT2D eigenvalue weighted by atomic mass is 19.1. The molecule has 2 aromatic rings. The molecule has 19 heavy (non-hydrogen) atoms. The van der Waals surface area contributed by atoms with Gasteiger partial charge in [0, 0.05) is 24.9 Å². The molecule has 1 nitrogen and oxygen atoms in total. The molecular weight excluding hydrogens is 237 g/mol. The summed E-state index contributed by atoms with van der Waals surface area (Å²) in [6.45, 7) is 0. The summed E-state index contributed by atoms with van der Waals surface area (Å²) in [6.07, 6.45) is 3.51. The molecule has 2 heterocycles. The topological polar surface area (TPSA) is 12.0 Å². The zero-order valence-corrected chi connectivity index (χ0v) is 10.9. The number of halogens is 1. The summed E-state index contributed by atoms with van der Waals surface area (Å²) in [6, 6.07) is 15.0. The second kappa shape index (κ2) is 4.04. The van der Waals surface area contributed by atoms with Crippen LogP contribution in [-0.2, 0) is 5.67 Å². The zero-order valence-electron chi connectivity index (χ0n) is 10.9. The van der Waals surface area contributed by atoms with Gasteiger partial charge in [-0.25, -0.2) is 4.39 Å². The van der Waals surface area contributed by atoms with Crippen LogP contribution in [0.4, 0.5) is 4.39 Å². The maximum absolute atomic E-state index is 15.3. The molecule has 1 N–H and O–H groups in total. The monoisotopic (exact) mass is 255 g/mol. The maximum atomic E-state index is 15.3. The van der Waals surface area contributed by atoms with Crippen LogP contribution in [0, 0.1) is 0 Å². The summed E-state index contributed by atoms with van der Waals surface area (Å²) in [4.78, 5) is 0. The van der Waals surface area contributed by atoms with Gasteiger partial charge in [-0.1, -0.05) is 36.4 Å². The van der Waals surface area contributed by atoms with E-state index in [0.717, 1.165) is 23.8 Å². The van der Waals surface area contributed by atoms with Crippen LogP contribution in [0.5, 0.6) is 0 Å². The lowest BCUT2D eigenvalue weighted by molar-refractivity contribution is 0.0875. The van der Waals surface area contributed by atoms with Crippen molar-refractivity contribution >= 4 is 10.8 Å². The van der Waals surface area contributed by atoms with Crippen molar-refractivity contribution in [3.8, 4) is 0 Å². The number of fused-ring (bicyclic) bond motifs is 3. The third-order valence-corrected chi connectivity index (χ3v) is 4.74. The van der Waals surface area contributed by atoms with Crippen LogP contribution in [0.15, 0.2) is 42.5 Å². The molecule has 2 aliphatic heterocycles. The van der Waals surface area contributed by atoms with Crippen molar-refractivity contribution < 1.29 is 4.39 Å². The van der Waals surface area contributed by atoms with Crippen molar-refractivity contribution in [1.82, 2.24) is 5.32 Å². The van der Waals surface area contributed by atoms with E-state index < -0.39 is 5.67 Å². The van der Waals surface area contributed by atoms with Gasteiger partial charge in [-0.2, -0.15) is 0 Å². The predicted molar refractivity (Wildman–Crippen MR) is 75.9 cm³/mol. The molecule has 98 valence electrons. The summed E-state index contributed by atoms with van der Waals surface area (Å²) in [5.41, 5.74) is -0.272. The van der Waals surface area contributed by atoms with E-state index in [9.17, 15) is 0 Å². The fourth-order valence-corrected chi connectivity index (χ4v) is 3.79. The van der Waals surface area contributed by atoms with Crippen LogP contribution in [0.3, 0.4) is 0 Å². The minimum Gasteiger partial charge on any atom is -0.311 e. The molecule has 2 heteroatoms. The first-order valence-electron chi connectivity index (χ1n) is 7.17. The largest absolute Gasteiger partial charge is 0.311 e. The molecule has 2 bridgehead atoms. The van der Waals surface area contributed by atoms with Crippen LogP contribution in [0.25, 0.3) is 10.8 Å². The van der Waals surface area contributed by atoms with E-state index in [-0.39, 0.29) is 0 Å². The quantitative estimate of drug-likeness (QED) is 0.814. The van der Waals surface area contributed by atoms with Crippen molar-refractivity contribution in [2.45, 2.75) is 43.4 Å². The lowest BCUT2D eigenvalue weighted by Gasteiger charge is -2.35. The minimum atomic E-state index is -1.14. The highest BCUT2D eigenvalue weighted by Crippen LogP contribution is 2.44. The van der Waals surface area contributed by atoms with Crippen LogP contribution in [0.1, 0.15) is 31.2 Å². The highest BCUT2D eigenvalue weighted by Gasteiger charge is 2.45. The third kappa shape index (κ3) is 1.86. The van der Waals surface area contributed by atoms with Gasteiger partial charge in [0.25, 0.3) is 0 Å². The Kier molecular flexibility index (Phi) is 2.43. The number of benzene rings is 2. The van der Waals surface area contributed by atoms with E-state index in [1.807, 2.05) is 24.3 Å². The molecule has 0 aromatic heterocycles. The summed E-state index contributed by atoms with van der Waals surface area (Å²) in [5, 5.41) is 5.84. The molecule has 4 rings (SSSR count). The Morgan fingerprint density at radius 2 is 1.63 bits per heavy atom. The third-order valence-electron chi connectivity index (χ3n) is 4.74. The van der Waals surface area contributed by atoms with Crippen LogP contribution in [-0.4, -0.2) is 12.1 Å². The first-order chi connectivity index (χ1) is 9.23. The van der Waals surface area contributed by atoms with Gasteiger partial charge in [0.05, 0.1) is 0 Å². The molecule has 2 unspecified atom stereocenters. The zero-order chi connectivity index (χ0) is 12.9. The Hall–Kier alpha value is -1.41. The van der Waals surface area contributed by atoms with Gasteiger partial charge in [-0.05, 0) is 35.2 Å². The summed E-state index contributed by atoms with van der Waals surface area (Å²) in [5.74, 6) is 0. The van der Waals surface area contributed by atoms with Crippen molar-refractivity contribution in [1.29, 1.82) is 0 Å². The second-order valence-electron chi connectivity index (χ2n) is 6.07. The molecule has 0 amide bonds. The minimum absolute atomic E-state index is 0.371. The van der Waals surface area contributed by atoms with Crippen LogP contribution >= 0.6 is 0 Å². The van der Waals surface area contributed by atoms with E-state index in [4.69, 9.17) is 0 Å². The Morgan fingerprint density at radius 3 is 2.37 bits per heavy atom. The number of piperidine rings is 1. The summed E-state index contributed by atoms with van der Waals surface area (Å²) >= 11 is 0. The lowest BCUT2D eigenvalue weighted by Crippen LogP contribution is -2.44. The fraction of sp³-hybridized carbons (Fsp3) is 0.412. The van der Waals surface area contributed by atoms with Crippen LogP contribution in [0.2, 0.25) is 0 Å². The standard InChI is InChI=1S/C17H18FN/c18-17(10-15-7-8-16(11-17)19-15)14-6-5-12-3-1-2-4-13(12)9-14/h1-6,9,15-16,19H,7-8,10-11H2. The molecule has 2 aromatic carbocycles. The first kappa shape index (κ1) is 11.4. The molecule has 0 radical (unpaired) electrons. The van der Waals surface area contributed by atoms with E-state index in [1.54, 1.807) is 0 Å². The molecule has 0 aliphatic carbocycles. The van der Waals surface area contributed by atoms with Gasteiger partial charge < -0.3 is 5.32 Å². The number of rotatable bonds is 1. The Labute approximate surface area is 112 Å². The average molecular weight is 255 g/mol. The van der Waals surface area contributed by atoms with Crippen molar-refractivity contribution in [2.75, 3.05) is 0 Å². The molecule has 2 aliphatic rings. The van der Waals surface area contributed by atoms with Crippen molar-refractivity contribution in [3.05, 3.63) is 48.0 Å². The highest BCUT2D eigenvalue weighted by molar-refractivity contribution is 5.83. The SMILES string of the molecule is FC1(c2ccc3ccccc3c2)CC2CCC(C1)N2. The number of hydrogen-bond donors (Lipinski definition) is 1. The maximum Gasteiger partial charge on any atom is 0.139 e. The van der Waals surface area contributed by atoms with E-state index in [2.05, 4.69) is 23.5 Å². The Bertz CT molecular complexity index is 609. The number of nitrogens with one attached hydrogen (secondary N) is 1. The van der Waals surface area contributed by atoms with Gasteiger partial charge in [0.15, 0.2) is 0 Å². The predicted octanol–water partition coefficient (Wildman–Crippen LogP) is 3.92. The van der Waals surface area contributed by atoms with Crippen molar-refractivity contribution in [3.63, 3.8) is 0 Å². The molecule has 0 saturated carbocycles. The molecule has 2 saturated heterocycles. The normalized spacial score (nSPS) is 33.7. The molecular formula is C17H18FN. The lowest BCUT2D eigenvalue weighted by atomic mass is 9.82. The van der Waals surface area contributed by atoms with Gasteiger partial charge >= 0.3 is 0 Å². The summed E-state index contributed by atoms with van der Waals surface area (Å²) < 4.78 is 15.3. The number of hydrogen-bond acceptors (Lipinski definition) is 1. The van der Waals surface area contributed by atoms with Gasteiger partial charge in [0.2, 0.25) is 0 Å². The second-order valence-corrected chi connectivity index (χ2v) is 6.07. The molecule has 0 spiro atoms. The van der Waals surface area contributed by atoms with E-state index in [1.165, 1.54) is 5.39 Å². The fourth-order valence-electron chi connectivity index (χ4n) is 3.79. The Balaban J connectivity index is 1.76. The smallest absolute Gasteiger partial charge is 0.139 e. The van der Waals surface area contributed by atoms with E-state index in [0.29, 0.717) is 24.9 Å². The van der Waals surface area contributed by atoms with E-state index >= 15 is 4.39 Å². The Morgan fingerprint density at radius 1 is 0.947 bits per heavy atom. The van der Waals surface area contributed by atoms with Crippen LogP contribution < -0.4 is 5.32 Å². The number of alkyl halides is 1. The molecule has 2 atom stereocenters. The first-order valence-corrected chi connectivity index (χ1v) is 7.17. The average Bonchev–Trinajstić information content (AvgIpc) is 2.78. The van der Waals surface area contributed by atoms with Gasteiger partial charge in [0.1, 0.15) is 5.67 Å².